The summed E-state index contributed by atoms with van der Waals surface area (Å²) in [6, 6.07) is 1.90. The minimum absolute atomic E-state index is 0.0467. The van der Waals surface area contributed by atoms with Crippen LogP contribution in [0.1, 0.15) is 18.1 Å². The quantitative estimate of drug-likeness (QED) is 0.834. The molecule has 0 aliphatic carbocycles. The molecule has 5 heteroatoms. The summed E-state index contributed by atoms with van der Waals surface area (Å²) in [7, 11) is -2.92. The van der Waals surface area contributed by atoms with Gasteiger partial charge in [0.2, 0.25) is 0 Å². The van der Waals surface area contributed by atoms with Crippen LogP contribution in [0.25, 0.3) is 0 Å². The first-order valence-electron chi connectivity index (χ1n) is 5.19. The summed E-state index contributed by atoms with van der Waals surface area (Å²) in [4.78, 5) is 4.04. The molecule has 0 spiro atoms. The zero-order chi connectivity index (χ0) is 12.2. The van der Waals surface area contributed by atoms with Crippen LogP contribution in [0.2, 0.25) is 0 Å². The van der Waals surface area contributed by atoms with E-state index in [0.29, 0.717) is 6.54 Å². The number of rotatable bonds is 5. The lowest BCUT2D eigenvalue weighted by atomic mass is 10.1. The predicted octanol–water partition coefficient (Wildman–Crippen LogP) is 0.913. The normalized spacial score (nSPS) is 13.7. The van der Waals surface area contributed by atoms with E-state index >= 15 is 0 Å². The average molecular weight is 242 g/mol. The van der Waals surface area contributed by atoms with Gasteiger partial charge < -0.3 is 5.32 Å². The Balaban J connectivity index is 2.49. The van der Waals surface area contributed by atoms with Crippen molar-refractivity contribution in [3.8, 4) is 0 Å². The highest BCUT2D eigenvalue weighted by molar-refractivity contribution is 7.90. The molecule has 1 aromatic heterocycles. The molecule has 0 amide bonds. The highest BCUT2D eigenvalue weighted by atomic mass is 32.2. The van der Waals surface area contributed by atoms with Crippen LogP contribution in [0, 0.1) is 6.92 Å². The monoisotopic (exact) mass is 242 g/mol. The number of aromatic nitrogens is 1. The number of aryl methyl sites for hydroxylation is 1. The molecule has 0 saturated carbocycles. The van der Waals surface area contributed by atoms with E-state index in [2.05, 4.69) is 10.3 Å². The van der Waals surface area contributed by atoms with Crippen molar-refractivity contribution in [2.75, 3.05) is 12.0 Å². The van der Waals surface area contributed by atoms with Gasteiger partial charge in [0.25, 0.3) is 0 Å². The van der Waals surface area contributed by atoms with Gasteiger partial charge in [-0.05, 0) is 31.0 Å². The van der Waals surface area contributed by atoms with Crippen LogP contribution in [0.3, 0.4) is 0 Å². The summed E-state index contributed by atoms with van der Waals surface area (Å²) < 4.78 is 22.1. The van der Waals surface area contributed by atoms with Gasteiger partial charge in [0.05, 0.1) is 5.75 Å². The van der Waals surface area contributed by atoms with Crippen molar-refractivity contribution < 1.29 is 8.42 Å². The Morgan fingerprint density at radius 3 is 2.75 bits per heavy atom. The van der Waals surface area contributed by atoms with E-state index in [1.165, 1.54) is 6.26 Å². The van der Waals surface area contributed by atoms with Gasteiger partial charge in [0.15, 0.2) is 0 Å². The highest BCUT2D eigenvalue weighted by Crippen LogP contribution is 2.04. The van der Waals surface area contributed by atoms with Crippen molar-refractivity contribution in [1.82, 2.24) is 10.3 Å². The largest absolute Gasteiger partial charge is 0.309 e. The van der Waals surface area contributed by atoms with Crippen LogP contribution in [0.15, 0.2) is 18.5 Å². The van der Waals surface area contributed by atoms with Crippen LogP contribution in [-0.2, 0) is 16.4 Å². The maximum atomic E-state index is 11.1. The third kappa shape index (κ3) is 4.72. The van der Waals surface area contributed by atoms with Crippen LogP contribution in [0.4, 0.5) is 0 Å². The molecule has 0 bridgehead atoms. The van der Waals surface area contributed by atoms with E-state index in [9.17, 15) is 8.42 Å². The lowest BCUT2D eigenvalue weighted by Gasteiger charge is -2.13. The molecule has 0 aliphatic heterocycles. The minimum Gasteiger partial charge on any atom is -0.309 e. The van der Waals surface area contributed by atoms with Crippen molar-refractivity contribution in [3.63, 3.8) is 0 Å². The summed E-state index contributed by atoms with van der Waals surface area (Å²) in [5.74, 6) is 0.159. The molecular formula is C11H18N2O2S. The highest BCUT2D eigenvalue weighted by Gasteiger charge is 2.10. The predicted molar refractivity (Wildman–Crippen MR) is 65.0 cm³/mol. The van der Waals surface area contributed by atoms with Gasteiger partial charge in [-0.1, -0.05) is 0 Å². The van der Waals surface area contributed by atoms with E-state index < -0.39 is 9.84 Å². The van der Waals surface area contributed by atoms with E-state index in [1.807, 2.05) is 19.9 Å². The number of pyridine rings is 1. The van der Waals surface area contributed by atoms with Crippen LogP contribution < -0.4 is 5.32 Å². The van der Waals surface area contributed by atoms with Gasteiger partial charge in [-0.3, -0.25) is 4.98 Å². The van der Waals surface area contributed by atoms with Crippen LogP contribution >= 0.6 is 0 Å². The lowest BCUT2D eigenvalue weighted by Crippen LogP contribution is -2.32. The third-order valence-electron chi connectivity index (χ3n) is 2.34. The number of nitrogens with one attached hydrogen (secondary N) is 1. The van der Waals surface area contributed by atoms with Crippen molar-refractivity contribution in [3.05, 3.63) is 29.6 Å². The number of nitrogens with zero attached hydrogens (tertiary/aromatic N) is 1. The summed E-state index contributed by atoms with van der Waals surface area (Å²) in [6.07, 6.45) is 4.80. The second-order valence-electron chi connectivity index (χ2n) is 4.18. The topological polar surface area (TPSA) is 59.1 Å². The Hall–Kier alpha value is -0.940. The molecule has 0 aliphatic rings. The molecule has 1 rings (SSSR count). The fourth-order valence-electron chi connectivity index (χ4n) is 1.48. The Morgan fingerprint density at radius 2 is 2.19 bits per heavy atom. The van der Waals surface area contributed by atoms with Crippen LogP contribution in [-0.4, -0.2) is 31.5 Å². The standard InChI is InChI=1S/C11H18N2O2S/c1-9-4-5-12-6-11(9)7-13-10(2)8-16(3,14)15/h4-6,10,13H,7-8H2,1-3H3. The second kappa shape index (κ2) is 5.41. The van der Waals surface area contributed by atoms with E-state index in [-0.39, 0.29) is 11.8 Å². The maximum Gasteiger partial charge on any atom is 0.148 e. The fourth-order valence-corrected chi connectivity index (χ4v) is 2.51. The van der Waals surface area contributed by atoms with Crippen molar-refractivity contribution in [2.45, 2.75) is 26.4 Å². The molecule has 1 unspecified atom stereocenters. The Kier molecular flexibility index (Phi) is 4.44. The minimum atomic E-state index is -2.92. The van der Waals surface area contributed by atoms with Gasteiger partial charge in [-0.25, -0.2) is 8.42 Å². The molecule has 0 aromatic carbocycles. The first-order valence-corrected chi connectivity index (χ1v) is 7.25. The molecule has 4 nitrogen and oxygen atoms in total. The van der Waals surface area contributed by atoms with Gasteiger partial charge >= 0.3 is 0 Å². The second-order valence-corrected chi connectivity index (χ2v) is 6.36. The first kappa shape index (κ1) is 13.1. The average Bonchev–Trinajstić information content (AvgIpc) is 2.14. The SMILES string of the molecule is Cc1ccncc1CNC(C)CS(C)(=O)=O. The molecule has 0 saturated heterocycles. The smallest absolute Gasteiger partial charge is 0.148 e. The van der Waals surface area contributed by atoms with Crippen LogP contribution in [0.5, 0.6) is 0 Å². The lowest BCUT2D eigenvalue weighted by molar-refractivity contribution is 0.559. The molecule has 0 fully saturated rings. The third-order valence-corrected chi connectivity index (χ3v) is 3.45. The maximum absolute atomic E-state index is 11.1. The number of hydrogen-bond acceptors (Lipinski definition) is 4. The zero-order valence-corrected chi connectivity index (χ0v) is 10.7. The number of sulfone groups is 1. The van der Waals surface area contributed by atoms with Crippen molar-refractivity contribution in [2.24, 2.45) is 0 Å². The van der Waals surface area contributed by atoms with Gasteiger partial charge in [-0.15, -0.1) is 0 Å². The summed E-state index contributed by atoms with van der Waals surface area (Å²) in [5.41, 5.74) is 2.26. The van der Waals surface area contributed by atoms with Crippen molar-refractivity contribution in [1.29, 1.82) is 0 Å². The Morgan fingerprint density at radius 1 is 1.50 bits per heavy atom. The fraction of sp³-hybridized carbons (Fsp3) is 0.545. The molecule has 1 heterocycles. The Labute approximate surface area is 97.0 Å². The molecule has 16 heavy (non-hydrogen) atoms. The number of hydrogen-bond donors (Lipinski definition) is 1. The summed E-state index contributed by atoms with van der Waals surface area (Å²) >= 11 is 0. The molecule has 90 valence electrons. The Bertz CT molecular complexity index is 443. The van der Waals surface area contributed by atoms with Crippen molar-refractivity contribution >= 4 is 9.84 Å². The van der Waals surface area contributed by atoms with Gasteiger partial charge in [0.1, 0.15) is 9.84 Å². The van der Waals surface area contributed by atoms with Gasteiger partial charge in [0, 0.05) is 31.2 Å². The molecule has 1 N–H and O–H groups in total. The zero-order valence-electron chi connectivity index (χ0n) is 9.90. The van der Waals surface area contributed by atoms with E-state index in [0.717, 1.165) is 11.1 Å². The summed E-state index contributed by atoms with van der Waals surface area (Å²) in [6.45, 7) is 4.53. The molecule has 0 radical (unpaired) electrons. The van der Waals surface area contributed by atoms with Gasteiger partial charge in [-0.2, -0.15) is 0 Å². The summed E-state index contributed by atoms with van der Waals surface area (Å²) in [5, 5.41) is 3.18. The molecular weight excluding hydrogens is 224 g/mol. The first-order chi connectivity index (χ1) is 7.38. The van der Waals surface area contributed by atoms with E-state index in [1.54, 1.807) is 12.4 Å². The molecule has 1 atom stereocenters. The molecule has 1 aromatic rings. The van der Waals surface area contributed by atoms with E-state index in [4.69, 9.17) is 0 Å².